The Balaban J connectivity index is 1.74. The maximum atomic E-state index is 12.7. The first-order chi connectivity index (χ1) is 13.0. The molecule has 0 bridgehead atoms. The van der Waals surface area contributed by atoms with Gasteiger partial charge in [-0.1, -0.05) is 30.3 Å². The molecule has 0 saturated heterocycles. The maximum Gasteiger partial charge on any atom is 0.227 e. The molecule has 0 unspecified atom stereocenters. The minimum absolute atomic E-state index is 0.0644. The Kier molecular flexibility index (Phi) is 5.60. The predicted molar refractivity (Wildman–Crippen MR) is 106 cm³/mol. The lowest BCUT2D eigenvalue weighted by Gasteiger charge is -2.18. The van der Waals surface area contributed by atoms with Crippen LogP contribution < -0.4 is 4.74 Å². The number of carbonyl (C=O) groups excluding carboxylic acids is 1. The zero-order valence-electron chi connectivity index (χ0n) is 16.3. The Labute approximate surface area is 160 Å². The van der Waals surface area contributed by atoms with Crippen molar-refractivity contribution in [1.82, 2.24) is 14.7 Å². The van der Waals surface area contributed by atoms with E-state index in [4.69, 9.17) is 4.74 Å². The van der Waals surface area contributed by atoms with E-state index in [1.807, 2.05) is 80.2 Å². The first kappa shape index (κ1) is 18.7. The number of aromatic nitrogens is 2. The molecule has 1 heterocycles. The first-order valence-corrected chi connectivity index (χ1v) is 8.97. The van der Waals surface area contributed by atoms with E-state index in [9.17, 15) is 4.79 Å². The van der Waals surface area contributed by atoms with E-state index < -0.39 is 0 Å². The Morgan fingerprint density at radius 3 is 2.56 bits per heavy atom. The van der Waals surface area contributed by atoms with Crippen LogP contribution in [-0.2, 0) is 17.8 Å². The fraction of sp³-hybridized carbons (Fsp3) is 0.273. The van der Waals surface area contributed by atoms with Crippen molar-refractivity contribution in [1.29, 1.82) is 0 Å². The van der Waals surface area contributed by atoms with Crippen molar-refractivity contribution in [3.05, 3.63) is 77.1 Å². The van der Waals surface area contributed by atoms with E-state index in [1.165, 1.54) is 0 Å². The highest BCUT2D eigenvalue weighted by molar-refractivity contribution is 5.78. The largest absolute Gasteiger partial charge is 0.497 e. The van der Waals surface area contributed by atoms with Crippen LogP contribution in [-0.4, -0.2) is 34.7 Å². The first-order valence-electron chi connectivity index (χ1n) is 8.97. The molecule has 27 heavy (non-hydrogen) atoms. The number of benzene rings is 2. The van der Waals surface area contributed by atoms with Gasteiger partial charge in [-0.25, -0.2) is 4.68 Å². The van der Waals surface area contributed by atoms with Crippen molar-refractivity contribution < 1.29 is 9.53 Å². The fourth-order valence-electron chi connectivity index (χ4n) is 3.14. The third-order valence-corrected chi connectivity index (χ3v) is 4.75. The molecule has 0 fully saturated rings. The molecule has 1 aromatic heterocycles. The number of methoxy groups -OCH3 is 1. The molecule has 3 rings (SSSR count). The van der Waals surface area contributed by atoms with Crippen LogP contribution in [0.1, 0.15) is 22.5 Å². The molecular weight excluding hydrogens is 338 g/mol. The molecule has 0 aliphatic carbocycles. The van der Waals surface area contributed by atoms with Crippen molar-refractivity contribution in [2.75, 3.05) is 14.2 Å². The van der Waals surface area contributed by atoms with E-state index >= 15 is 0 Å². The molecule has 140 valence electrons. The van der Waals surface area contributed by atoms with Gasteiger partial charge in [-0.05, 0) is 43.7 Å². The normalized spacial score (nSPS) is 10.7. The highest BCUT2D eigenvalue weighted by atomic mass is 16.5. The molecule has 0 spiro atoms. The lowest BCUT2D eigenvalue weighted by atomic mass is 10.1. The van der Waals surface area contributed by atoms with E-state index in [2.05, 4.69) is 5.10 Å². The molecular formula is C22H25N3O2. The summed E-state index contributed by atoms with van der Waals surface area (Å²) in [5.74, 6) is 0.827. The summed E-state index contributed by atoms with van der Waals surface area (Å²) in [5, 5.41) is 4.66. The summed E-state index contributed by atoms with van der Waals surface area (Å²) in [4.78, 5) is 14.4. The summed E-state index contributed by atoms with van der Waals surface area (Å²) >= 11 is 0. The van der Waals surface area contributed by atoms with Gasteiger partial charge in [-0.15, -0.1) is 0 Å². The van der Waals surface area contributed by atoms with Crippen LogP contribution in [0.25, 0.3) is 5.69 Å². The van der Waals surface area contributed by atoms with Gasteiger partial charge in [-0.2, -0.15) is 5.10 Å². The average molecular weight is 363 g/mol. The molecule has 5 heteroatoms. The monoisotopic (exact) mass is 363 g/mol. The van der Waals surface area contributed by atoms with Gasteiger partial charge in [-0.3, -0.25) is 4.79 Å². The van der Waals surface area contributed by atoms with Crippen molar-refractivity contribution in [3.8, 4) is 11.4 Å². The number of likely N-dealkylation sites (N-methyl/N-ethyl adjacent to an activating group) is 1. The zero-order valence-corrected chi connectivity index (χ0v) is 16.3. The van der Waals surface area contributed by atoms with Crippen LogP contribution in [0.3, 0.4) is 0 Å². The van der Waals surface area contributed by atoms with E-state index in [1.54, 1.807) is 12.0 Å². The van der Waals surface area contributed by atoms with Crippen molar-refractivity contribution in [2.45, 2.75) is 26.8 Å². The Bertz CT molecular complexity index is 932. The summed E-state index contributed by atoms with van der Waals surface area (Å²) in [6.45, 7) is 4.57. The second-order valence-electron chi connectivity index (χ2n) is 6.67. The quantitative estimate of drug-likeness (QED) is 0.671. The number of nitrogens with zero attached hydrogens (tertiary/aromatic N) is 3. The topological polar surface area (TPSA) is 47.4 Å². The Morgan fingerprint density at radius 1 is 1.11 bits per heavy atom. The fourth-order valence-corrected chi connectivity index (χ4v) is 3.14. The number of aryl methyl sites for hydroxylation is 1. The molecule has 0 saturated carbocycles. The van der Waals surface area contributed by atoms with E-state index in [0.717, 1.165) is 34.0 Å². The Hall–Kier alpha value is -3.08. The minimum Gasteiger partial charge on any atom is -0.497 e. The van der Waals surface area contributed by atoms with Gasteiger partial charge in [0.2, 0.25) is 5.91 Å². The summed E-state index contributed by atoms with van der Waals surface area (Å²) < 4.78 is 7.17. The second kappa shape index (κ2) is 8.08. The molecule has 0 aliphatic heterocycles. The number of amides is 1. The number of para-hydroxylation sites is 1. The minimum atomic E-state index is 0.0644. The molecule has 0 N–H and O–H groups in total. The summed E-state index contributed by atoms with van der Waals surface area (Å²) in [6.07, 6.45) is 0.346. The van der Waals surface area contributed by atoms with Crippen LogP contribution >= 0.6 is 0 Å². The van der Waals surface area contributed by atoms with Crippen LogP contribution in [0, 0.1) is 13.8 Å². The molecule has 0 aliphatic rings. The number of ether oxygens (including phenoxy) is 1. The third kappa shape index (κ3) is 4.19. The molecule has 3 aromatic rings. The van der Waals surface area contributed by atoms with Gasteiger partial charge in [0, 0.05) is 24.8 Å². The summed E-state index contributed by atoms with van der Waals surface area (Å²) in [6, 6.07) is 17.7. The van der Waals surface area contributed by atoms with Crippen molar-refractivity contribution >= 4 is 5.91 Å². The predicted octanol–water partition coefficient (Wildman–Crippen LogP) is 3.70. The Morgan fingerprint density at radius 2 is 1.85 bits per heavy atom. The molecule has 0 atom stereocenters. The average Bonchev–Trinajstić information content (AvgIpc) is 2.97. The third-order valence-electron chi connectivity index (χ3n) is 4.75. The van der Waals surface area contributed by atoms with Gasteiger partial charge < -0.3 is 9.64 Å². The number of hydrogen-bond donors (Lipinski definition) is 0. The van der Waals surface area contributed by atoms with Crippen molar-refractivity contribution in [2.24, 2.45) is 0 Å². The molecule has 1 amide bonds. The van der Waals surface area contributed by atoms with Crippen LogP contribution in [0.5, 0.6) is 5.75 Å². The SMILES string of the molecule is COc1cccc(CC(=O)N(C)Cc2c(C)nn(-c3ccccc3)c2C)c1. The van der Waals surface area contributed by atoms with Crippen LogP contribution in [0.15, 0.2) is 54.6 Å². The highest BCUT2D eigenvalue weighted by Gasteiger charge is 2.17. The summed E-state index contributed by atoms with van der Waals surface area (Å²) in [5.41, 5.74) is 5.05. The second-order valence-corrected chi connectivity index (χ2v) is 6.67. The highest BCUT2D eigenvalue weighted by Crippen LogP contribution is 2.20. The van der Waals surface area contributed by atoms with Gasteiger partial charge >= 0.3 is 0 Å². The van der Waals surface area contributed by atoms with Gasteiger partial charge in [0.15, 0.2) is 0 Å². The maximum absolute atomic E-state index is 12.7. The summed E-state index contributed by atoms with van der Waals surface area (Å²) in [7, 11) is 3.46. The van der Waals surface area contributed by atoms with E-state index in [0.29, 0.717) is 13.0 Å². The standard InChI is InChI=1S/C22H25N3O2/c1-16-21(17(2)25(23-16)19-10-6-5-7-11-19)15-24(3)22(26)14-18-9-8-12-20(13-18)27-4/h5-13H,14-15H2,1-4H3. The van der Waals surface area contributed by atoms with Gasteiger partial charge in [0.25, 0.3) is 0 Å². The lowest BCUT2D eigenvalue weighted by Crippen LogP contribution is -2.28. The number of hydrogen-bond acceptors (Lipinski definition) is 3. The molecule has 2 aromatic carbocycles. The van der Waals surface area contributed by atoms with Crippen LogP contribution in [0.4, 0.5) is 0 Å². The van der Waals surface area contributed by atoms with E-state index in [-0.39, 0.29) is 5.91 Å². The van der Waals surface area contributed by atoms with Crippen LogP contribution in [0.2, 0.25) is 0 Å². The molecule has 5 nitrogen and oxygen atoms in total. The number of carbonyl (C=O) groups is 1. The smallest absolute Gasteiger partial charge is 0.227 e. The van der Waals surface area contributed by atoms with Crippen molar-refractivity contribution in [3.63, 3.8) is 0 Å². The lowest BCUT2D eigenvalue weighted by molar-refractivity contribution is -0.129. The molecule has 0 radical (unpaired) electrons. The zero-order chi connectivity index (χ0) is 19.4. The van der Waals surface area contributed by atoms with Gasteiger partial charge in [0.1, 0.15) is 5.75 Å². The number of rotatable bonds is 6. The van der Waals surface area contributed by atoms with Gasteiger partial charge in [0.05, 0.1) is 24.9 Å².